The van der Waals surface area contributed by atoms with Crippen LogP contribution in [0.4, 0.5) is 4.39 Å². The van der Waals surface area contributed by atoms with E-state index in [-0.39, 0.29) is 5.46 Å². The van der Waals surface area contributed by atoms with Crippen molar-refractivity contribution in [3.63, 3.8) is 0 Å². The Morgan fingerprint density at radius 2 is 1.83 bits per heavy atom. The van der Waals surface area contributed by atoms with Gasteiger partial charge in [-0.15, -0.1) is 0 Å². The Bertz CT molecular complexity index is 432. The average Bonchev–Trinajstić information content (AvgIpc) is 2.14. The molecule has 0 radical (unpaired) electrons. The molecule has 18 heavy (non-hydrogen) atoms. The minimum atomic E-state index is -1.43. The van der Waals surface area contributed by atoms with Crippen molar-refractivity contribution in [3.05, 3.63) is 28.5 Å². The molecule has 3 nitrogen and oxygen atoms in total. The number of benzene rings is 1. The summed E-state index contributed by atoms with van der Waals surface area (Å²) in [5.41, 5.74) is -2.15. The van der Waals surface area contributed by atoms with Gasteiger partial charge in [-0.1, -0.05) is 22.0 Å². The summed E-state index contributed by atoms with van der Waals surface area (Å²) in [7, 11) is -1.43. The number of halogens is 2. The lowest BCUT2D eigenvalue weighted by Gasteiger charge is -2.38. The van der Waals surface area contributed by atoms with Crippen LogP contribution in [0.1, 0.15) is 27.7 Å². The van der Waals surface area contributed by atoms with Crippen molar-refractivity contribution in [3.8, 4) is 0 Å². The molecule has 0 saturated heterocycles. The highest BCUT2D eigenvalue weighted by molar-refractivity contribution is 9.10. The van der Waals surface area contributed by atoms with Crippen LogP contribution in [-0.2, 0) is 4.65 Å². The SMILES string of the molecule is CC(C)(O)C(C)(C)OB(O)c1ccc(Br)cc1F. The molecule has 0 bridgehead atoms. The van der Waals surface area contributed by atoms with Gasteiger partial charge in [-0.3, -0.25) is 0 Å². The molecule has 0 saturated carbocycles. The van der Waals surface area contributed by atoms with Gasteiger partial charge in [-0.25, -0.2) is 4.39 Å². The minimum Gasteiger partial charge on any atom is -0.423 e. The normalized spacial score (nSPS) is 12.7. The molecular formula is C12H17BBrFO3. The molecule has 0 aliphatic heterocycles. The summed E-state index contributed by atoms with van der Waals surface area (Å²) in [5.74, 6) is -0.566. The molecule has 6 heteroatoms. The van der Waals surface area contributed by atoms with Gasteiger partial charge in [0.2, 0.25) is 0 Å². The molecule has 0 unspecified atom stereocenters. The molecule has 0 heterocycles. The van der Waals surface area contributed by atoms with Gasteiger partial charge in [0, 0.05) is 9.94 Å². The van der Waals surface area contributed by atoms with Crippen molar-refractivity contribution in [2.45, 2.75) is 38.9 Å². The highest BCUT2D eigenvalue weighted by Gasteiger charge is 2.40. The first-order valence-corrected chi connectivity index (χ1v) is 6.37. The summed E-state index contributed by atoms with van der Waals surface area (Å²) in [4.78, 5) is 0. The molecule has 2 N–H and O–H groups in total. The van der Waals surface area contributed by atoms with Crippen LogP contribution in [0.25, 0.3) is 0 Å². The Hall–Kier alpha value is -0.425. The Balaban J connectivity index is 2.92. The van der Waals surface area contributed by atoms with E-state index in [1.54, 1.807) is 33.8 Å². The van der Waals surface area contributed by atoms with Crippen molar-refractivity contribution in [2.24, 2.45) is 0 Å². The van der Waals surface area contributed by atoms with E-state index in [1.165, 1.54) is 12.1 Å². The van der Waals surface area contributed by atoms with Gasteiger partial charge < -0.3 is 14.8 Å². The Morgan fingerprint density at radius 1 is 1.28 bits per heavy atom. The zero-order valence-corrected chi connectivity index (χ0v) is 12.5. The van der Waals surface area contributed by atoms with E-state index in [1.807, 2.05) is 0 Å². The highest BCUT2D eigenvalue weighted by Crippen LogP contribution is 2.25. The molecule has 1 aromatic carbocycles. The van der Waals surface area contributed by atoms with Gasteiger partial charge in [0.25, 0.3) is 0 Å². The summed E-state index contributed by atoms with van der Waals surface area (Å²) < 4.78 is 19.6. The van der Waals surface area contributed by atoms with Gasteiger partial charge in [0.1, 0.15) is 5.82 Å². The number of hydrogen-bond donors (Lipinski definition) is 2. The van der Waals surface area contributed by atoms with Crippen molar-refractivity contribution in [2.75, 3.05) is 0 Å². The number of hydrogen-bond acceptors (Lipinski definition) is 3. The molecule has 0 fully saturated rings. The molecule has 0 atom stereocenters. The van der Waals surface area contributed by atoms with Crippen LogP contribution in [0.15, 0.2) is 22.7 Å². The van der Waals surface area contributed by atoms with Crippen molar-refractivity contribution < 1.29 is 19.2 Å². The fourth-order valence-corrected chi connectivity index (χ4v) is 1.52. The first-order valence-electron chi connectivity index (χ1n) is 5.58. The van der Waals surface area contributed by atoms with Gasteiger partial charge >= 0.3 is 7.12 Å². The molecule has 0 aliphatic rings. The maximum Gasteiger partial charge on any atom is 0.494 e. The van der Waals surface area contributed by atoms with E-state index in [2.05, 4.69) is 15.9 Å². The van der Waals surface area contributed by atoms with E-state index in [0.29, 0.717) is 4.47 Å². The second kappa shape index (κ2) is 5.29. The minimum absolute atomic E-state index is 0.0375. The van der Waals surface area contributed by atoms with Crippen LogP contribution >= 0.6 is 15.9 Å². The third-order valence-corrected chi connectivity index (χ3v) is 3.60. The zero-order valence-electron chi connectivity index (χ0n) is 10.9. The van der Waals surface area contributed by atoms with E-state index in [4.69, 9.17) is 4.65 Å². The Kier molecular flexibility index (Phi) is 4.59. The lowest BCUT2D eigenvalue weighted by molar-refractivity contribution is -0.0983. The molecule has 0 aromatic heterocycles. The van der Waals surface area contributed by atoms with Crippen molar-refractivity contribution in [1.82, 2.24) is 0 Å². The number of aliphatic hydroxyl groups is 1. The Morgan fingerprint density at radius 3 is 2.28 bits per heavy atom. The number of rotatable bonds is 4. The van der Waals surface area contributed by atoms with E-state index in [0.717, 1.165) is 0 Å². The van der Waals surface area contributed by atoms with Gasteiger partial charge in [-0.2, -0.15) is 0 Å². The molecule has 100 valence electrons. The summed E-state index contributed by atoms with van der Waals surface area (Å²) >= 11 is 3.14. The van der Waals surface area contributed by atoms with Crippen LogP contribution in [0.3, 0.4) is 0 Å². The summed E-state index contributed by atoms with van der Waals surface area (Å²) in [5, 5.41) is 19.8. The first-order chi connectivity index (χ1) is 8.04. The Labute approximate surface area is 115 Å². The third-order valence-electron chi connectivity index (χ3n) is 3.11. The lowest BCUT2D eigenvalue weighted by atomic mass is 9.76. The zero-order chi connectivity index (χ0) is 14.1. The molecule has 1 aromatic rings. The van der Waals surface area contributed by atoms with Crippen LogP contribution in [0.2, 0.25) is 0 Å². The largest absolute Gasteiger partial charge is 0.494 e. The second-order valence-electron chi connectivity index (χ2n) is 5.21. The summed E-state index contributed by atoms with van der Waals surface area (Å²) in [6.07, 6.45) is 0. The first kappa shape index (κ1) is 15.6. The molecular weight excluding hydrogens is 302 g/mol. The highest BCUT2D eigenvalue weighted by atomic mass is 79.9. The van der Waals surface area contributed by atoms with E-state index < -0.39 is 24.1 Å². The van der Waals surface area contributed by atoms with Crippen LogP contribution in [-0.4, -0.2) is 28.5 Å². The average molecular weight is 319 g/mol. The standard InChI is InChI=1S/C12H17BBrFO3/c1-11(2,16)12(3,4)18-13(17)9-6-5-8(14)7-10(9)15/h5-7,16-17H,1-4H3. The monoisotopic (exact) mass is 318 g/mol. The van der Waals surface area contributed by atoms with Gasteiger partial charge in [-0.05, 0) is 39.8 Å². The van der Waals surface area contributed by atoms with Crippen LogP contribution in [0.5, 0.6) is 0 Å². The van der Waals surface area contributed by atoms with Crippen LogP contribution in [0, 0.1) is 5.82 Å². The fraction of sp³-hybridized carbons (Fsp3) is 0.500. The molecule has 0 spiro atoms. The lowest BCUT2D eigenvalue weighted by Crippen LogP contribution is -2.53. The maximum absolute atomic E-state index is 13.6. The summed E-state index contributed by atoms with van der Waals surface area (Å²) in [6, 6.07) is 4.30. The molecule has 1 rings (SSSR count). The van der Waals surface area contributed by atoms with Gasteiger partial charge in [0.15, 0.2) is 0 Å². The second-order valence-corrected chi connectivity index (χ2v) is 6.12. The van der Waals surface area contributed by atoms with E-state index >= 15 is 0 Å². The summed E-state index contributed by atoms with van der Waals surface area (Å²) in [6.45, 7) is 6.40. The third kappa shape index (κ3) is 3.54. The molecule has 0 aliphatic carbocycles. The van der Waals surface area contributed by atoms with E-state index in [9.17, 15) is 14.5 Å². The van der Waals surface area contributed by atoms with Crippen molar-refractivity contribution >= 4 is 28.5 Å². The quantitative estimate of drug-likeness (QED) is 0.833. The smallest absolute Gasteiger partial charge is 0.423 e. The van der Waals surface area contributed by atoms with Crippen molar-refractivity contribution in [1.29, 1.82) is 0 Å². The van der Waals surface area contributed by atoms with Gasteiger partial charge in [0.05, 0.1) is 11.2 Å². The van der Waals surface area contributed by atoms with Crippen LogP contribution < -0.4 is 5.46 Å². The topological polar surface area (TPSA) is 49.7 Å². The predicted molar refractivity (Wildman–Crippen MR) is 73.2 cm³/mol. The predicted octanol–water partition coefficient (Wildman–Crippen LogP) is 1.84. The fourth-order valence-electron chi connectivity index (χ4n) is 1.19. The maximum atomic E-state index is 13.6. The molecule has 0 amide bonds.